The van der Waals surface area contributed by atoms with E-state index in [0.29, 0.717) is 18.8 Å². The van der Waals surface area contributed by atoms with Crippen LogP contribution in [0.2, 0.25) is 0 Å². The van der Waals surface area contributed by atoms with Crippen molar-refractivity contribution < 1.29 is 13.2 Å². The third-order valence-corrected chi connectivity index (χ3v) is 5.17. The highest BCUT2D eigenvalue weighted by molar-refractivity contribution is 5.35. The van der Waals surface area contributed by atoms with E-state index in [1.807, 2.05) is 0 Å². The van der Waals surface area contributed by atoms with E-state index in [1.165, 1.54) is 23.6 Å². The van der Waals surface area contributed by atoms with Gasteiger partial charge in [-0.05, 0) is 61.1 Å². The maximum absolute atomic E-state index is 13.1. The summed E-state index contributed by atoms with van der Waals surface area (Å²) in [6, 6.07) is 6.42. The predicted octanol–water partition coefficient (Wildman–Crippen LogP) is 6.34. The first-order valence-corrected chi connectivity index (χ1v) is 7.81. The van der Waals surface area contributed by atoms with E-state index in [-0.39, 0.29) is 18.8 Å². The van der Waals surface area contributed by atoms with Crippen molar-refractivity contribution in [3.63, 3.8) is 0 Å². The number of aryl methyl sites for hydroxylation is 1. The lowest BCUT2D eigenvalue weighted by Gasteiger charge is -2.39. The van der Waals surface area contributed by atoms with Gasteiger partial charge in [-0.1, -0.05) is 39.0 Å². The molecule has 21 heavy (non-hydrogen) atoms. The first kappa shape index (κ1) is 16.4. The largest absolute Gasteiger partial charge is 0.394 e. The molecule has 1 saturated carbocycles. The second-order valence-corrected chi connectivity index (χ2v) is 7.10. The van der Waals surface area contributed by atoms with Crippen molar-refractivity contribution in [1.29, 1.82) is 0 Å². The van der Waals surface area contributed by atoms with E-state index >= 15 is 0 Å². The molecule has 0 radical (unpaired) electrons. The van der Waals surface area contributed by atoms with Crippen LogP contribution in [-0.2, 0) is 0 Å². The minimum absolute atomic E-state index is 0.242. The van der Waals surface area contributed by atoms with Crippen LogP contribution in [0.25, 0.3) is 0 Å². The van der Waals surface area contributed by atoms with Gasteiger partial charge in [-0.15, -0.1) is 0 Å². The number of halogens is 3. The highest BCUT2D eigenvalue weighted by Gasteiger charge is 2.52. The van der Waals surface area contributed by atoms with Gasteiger partial charge in [0, 0.05) is 0 Å². The van der Waals surface area contributed by atoms with Gasteiger partial charge in [0.2, 0.25) is 0 Å². The lowest BCUT2D eigenvalue weighted by Crippen LogP contribution is -2.38. The topological polar surface area (TPSA) is 0 Å². The average molecular weight is 298 g/mol. The SMILES string of the molecule is Cc1ccc(C2CCC(C)(C(F)(F)F)CC2)cc1C(C)C. The van der Waals surface area contributed by atoms with E-state index in [9.17, 15) is 13.2 Å². The Morgan fingerprint density at radius 3 is 2.19 bits per heavy atom. The highest BCUT2D eigenvalue weighted by atomic mass is 19.4. The molecular weight excluding hydrogens is 273 g/mol. The summed E-state index contributed by atoms with van der Waals surface area (Å²) in [5.41, 5.74) is 2.31. The Balaban J connectivity index is 2.15. The zero-order chi connectivity index (χ0) is 15.8. The molecule has 0 bridgehead atoms. The maximum atomic E-state index is 13.1. The quantitative estimate of drug-likeness (QED) is 0.597. The van der Waals surface area contributed by atoms with Gasteiger partial charge >= 0.3 is 6.18 Å². The highest BCUT2D eigenvalue weighted by Crippen LogP contribution is 2.51. The molecule has 0 saturated heterocycles. The van der Waals surface area contributed by atoms with Crippen LogP contribution in [0, 0.1) is 12.3 Å². The van der Waals surface area contributed by atoms with Gasteiger partial charge < -0.3 is 0 Å². The molecule has 0 amide bonds. The van der Waals surface area contributed by atoms with Crippen LogP contribution in [-0.4, -0.2) is 6.18 Å². The summed E-state index contributed by atoms with van der Waals surface area (Å²) >= 11 is 0. The van der Waals surface area contributed by atoms with Gasteiger partial charge in [0.25, 0.3) is 0 Å². The number of hydrogen-bond acceptors (Lipinski definition) is 0. The molecule has 0 unspecified atom stereocenters. The van der Waals surface area contributed by atoms with Gasteiger partial charge in [-0.25, -0.2) is 0 Å². The Morgan fingerprint density at radius 2 is 1.71 bits per heavy atom. The predicted molar refractivity (Wildman–Crippen MR) is 80.6 cm³/mol. The Labute approximate surface area is 125 Å². The van der Waals surface area contributed by atoms with Gasteiger partial charge in [0.1, 0.15) is 0 Å². The number of benzene rings is 1. The Hall–Kier alpha value is -0.990. The van der Waals surface area contributed by atoms with E-state index in [2.05, 4.69) is 39.0 Å². The third-order valence-electron chi connectivity index (χ3n) is 5.17. The summed E-state index contributed by atoms with van der Waals surface area (Å²) < 4.78 is 39.2. The summed E-state index contributed by atoms with van der Waals surface area (Å²) in [6.45, 7) is 7.79. The zero-order valence-corrected chi connectivity index (χ0v) is 13.3. The number of rotatable bonds is 2. The summed E-state index contributed by atoms with van der Waals surface area (Å²) in [6.07, 6.45) is -2.32. The molecule has 1 aliphatic rings. The molecule has 0 atom stereocenters. The Morgan fingerprint density at radius 1 is 1.14 bits per heavy atom. The molecule has 2 rings (SSSR count). The molecule has 0 nitrogen and oxygen atoms in total. The minimum Gasteiger partial charge on any atom is -0.171 e. The number of hydrogen-bond donors (Lipinski definition) is 0. The lowest BCUT2D eigenvalue weighted by molar-refractivity contribution is -0.228. The monoisotopic (exact) mass is 298 g/mol. The van der Waals surface area contributed by atoms with Gasteiger partial charge in [-0.2, -0.15) is 13.2 Å². The van der Waals surface area contributed by atoms with E-state index < -0.39 is 11.6 Å². The molecule has 0 spiro atoms. The van der Waals surface area contributed by atoms with E-state index in [4.69, 9.17) is 0 Å². The van der Waals surface area contributed by atoms with Crippen molar-refractivity contribution in [2.45, 2.75) is 71.4 Å². The lowest BCUT2D eigenvalue weighted by atomic mass is 9.69. The van der Waals surface area contributed by atoms with Crippen molar-refractivity contribution in [3.05, 3.63) is 34.9 Å². The molecule has 0 heterocycles. The van der Waals surface area contributed by atoms with Crippen LogP contribution in [0.4, 0.5) is 13.2 Å². The smallest absolute Gasteiger partial charge is 0.171 e. The van der Waals surface area contributed by atoms with E-state index in [1.54, 1.807) is 0 Å². The molecule has 1 aromatic carbocycles. The zero-order valence-electron chi connectivity index (χ0n) is 13.3. The molecule has 1 fully saturated rings. The first-order chi connectivity index (χ1) is 9.64. The van der Waals surface area contributed by atoms with E-state index in [0.717, 1.165) is 0 Å². The molecule has 3 heteroatoms. The van der Waals surface area contributed by atoms with Crippen LogP contribution in [0.3, 0.4) is 0 Å². The van der Waals surface area contributed by atoms with Crippen LogP contribution in [0.15, 0.2) is 18.2 Å². The second-order valence-electron chi connectivity index (χ2n) is 7.10. The van der Waals surface area contributed by atoms with Crippen molar-refractivity contribution in [2.75, 3.05) is 0 Å². The van der Waals surface area contributed by atoms with Crippen molar-refractivity contribution in [3.8, 4) is 0 Å². The fraction of sp³-hybridized carbons (Fsp3) is 0.667. The minimum atomic E-state index is -4.08. The van der Waals surface area contributed by atoms with Crippen molar-refractivity contribution in [2.24, 2.45) is 5.41 Å². The fourth-order valence-corrected chi connectivity index (χ4v) is 3.41. The summed E-state index contributed by atoms with van der Waals surface area (Å²) in [7, 11) is 0. The second kappa shape index (κ2) is 5.66. The van der Waals surface area contributed by atoms with Crippen LogP contribution >= 0.6 is 0 Å². The number of alkyl halides is 3. The van der Waals surface area contributed by atoms with Gasteiger partial charge in [0.05, 0.1) is 5.41 Å². The standard InChI is InChI=1S/C18H25F3/c1-12(2)16-11-15(6-5-13(16)3)14-7-9-17(4,10-8-14)18(19,20)21/h5-6,11-12,14H,7-10H2,1-4H3. The molecule has 1 aliphatic carbocycles. The first-order valence-electron chi connectivity index (χ1n) is 7.81. The van der Waals surface area contributed by atoms with Crippen molar-refractivity contribution >= 4 is 0 Å². The maximum Gasteiger partial charge on any atom is 0.394 e. The fourth-order valence-electron chi connectivity index (χ4n) is 3.41. The average Bonchev–Trinajstić information content (AvgIpc) is 2.39. The molecule has 0 aliphatic heterocycles. The Kier molecular flexibility index (Phi) is 4.41. The van der Waals surface area contributed by atoms with Crippen LogP contribution in [0.1, 0.15) is 75.0 Å². The summed E-state index contributed by atoms with van der Waals surface area (Å²) in [5.74, 6) is 0.729. The Bertz CT molecular complexity index is 492. The molecule has 0 aromatic heterocycles. The van der Waals surface area contributed by atoms with Crippen LogP contribution < -0.4 is 0 Å². The van der Waals surface area contributed by atoms with Gasteiger partial charge in [0.15, 0.2) is 0 Å². The molecule has 0 N–H and O–H groups in total. The normalized spacial score (nSPS) is 27.1. The molecule has 118 valence electrons. The third kappa shape index (κ3) is 3.27. The molecular formula is C18H25F3. The summed E-state index contributed by atoms with van der Waals surface area (Å²) in [4.78, 5) is 0. The molecule has 1 aromatic rings. The van der Waals surface area contributed by atoms with Crippen molar-refractivity contribution in [1.82, 2.24) is 0 Å². The van der Waals surface area contributed by atoms with Crippen LogP contribution in [0.5, 0.6) is 0 Å². The summed E-state index contributed by atoms with van der Waals surface area (Å²) in [5, 5.41) is 0. The van der Waals surface area contributed by atoms with Gasteiger partial charge in [-0.3, -0.25) is 0 Å².